The maximum atomic E-state index is 2.33. The van der Waals surface area contributed by atoms with E-state index in [-0.39, 0.29) is 0 Å². The van der Waals surface area contributed by atoms with E-state index in [4.69, 9.17) is 0 Å². The Morgan fingerprint density at radius 3 is 0.642 bits per heavy atom. The minimum Gasteiger partial charge on any atom is -0.0738 e. The maximum absolute atomic E-state index is 2.33. The molecule has 0 saturated heterocycles. The molecule has 0 bridgehead atoms. The molecule has 4 aromatic carbocycles. The third-order valence-corrected chi connectivity index (χ3v) is 10.5. The Morgan fingerprint density at radius 1 is 0.264 bits per heavy atom. The van der Waals surface area contributed by atoms with Gasteiger partial charge in [-0.2, -0.15) is 0 Å². The molecule has 0 heteroatoms. The fourth-order valence-corrected chi connectivity index (χ4v) is 7.58. The first kappa shape index (κ1) is 33.9. The highest BCUT2D eigenvalue weighted by molar-refractivity contribution is 5.65. The molecule has 0 spiro atoms. The van der Waals surface area contributed by atoms with Crippen molar-refractivity contribution in [3.05, 3.63) is 263 Å². The van der Waals surface area contributed by atoms with Gasteiger partial charge in [0.25, 0.3) is 0 Å². The molecule has 0 unspecified atom stereocenters. The molecular weight excluding hydrogens is 637 g/mol. The molecule has 0 atom stereocenters. The largest absolute Gasteiger partial charge is 0.0738 e. The molecule has 0 fully saturated rings. The molecule has 0 heterocycles. The molecule has 0 saturated carbocycles. The molecule has 8 rings (SSSR count). The zero-order valence-corrected chi connectivity index (χ0v) is 29.9. The van der Waals surface area contributed by atoms with Crippen molar-refractivity contribution in [2.75, 3.05) is 0 Å². The molecular formula is C53H44. The second kappa shape index (κ2) is 16.0. The summed E-state index contributed by atoms with van der Waals surface area (Å²) in [6.45, 7) is 0. The van der Waals surface area contributed by atoms with Crippen LogP contribution in [0.25, 0.3) is 24.3 Å². The fraction of sp³-hybridized carbons (Fsp3) is 0.0943. The van der Waals surface area contributed by atoms with E-state index in [1.807, 2.05) is 0 Å². The van der Waals surface area contributed by atoms with E-state index < -0.39 is 5.41 Å². The van der Waals surface area contributed by atoms with Gasteiger partial charge >= 0.3 is 0 Å². The highest BCUT2D eigenvalue weighted by Crippen LogP contribution is 2.46. The van der Waals surface area contributed by atoms with E-state index in [9.17, 15) is 0 Å². The summed E-state index contributed by atoms with van der Waals surface area (Å²) in [6.07, 6.45) is 52.7. The molecule has 0 aromatic heterocycles. The molecule has 0 nitrogen and oxygen atoms in total. The van der Waals surface area contributed by atoms with Gasteiger partial charge in [0.05, 0.1) is 5.41 Å². The summed E-state index contributed by atoms with van der Waals surface area (Å²) >= 11 is 0. The van der Waals surface area contributed by atoms with Gasteiger partial charge in [-0.15, -0.1) is 0 Å². The van der Waals surface area contributed by atoms with Crippen LogP contribution in [0.2, 0.25) is 0 Å². The molecule has 4 aromatic rings. The van der Waals surface area contributed by atoms with Crippen LogP contribution in [0.4, 0.5) is 0 Å². The Bertz CT molecular complexity index is 1870. The molecule has 256 valence electrons. The highest BCUT2D eigenvalue weighted by atomic mass is 14.4. The number of hydrogen-bond acceptors (Lipinski definition) is 0. The SMILES string of the molecule is C1=CC(/C=C/c2ccc(C(c3ccc(/C=C/C4C=CC=C4)cc3)(c3ccc(/C=C/C4C=CC=C4)cc3)c3ccc(/C=C/C4C=CC=C4)cc3)cc2)C=C1. The van der Waals surface area contributed by atoms with Gasteiger partial charge in [0.1, 0.15) is 0 Å². The average Bonchev–Trinajstić information content (AvgIpc) is 4.07. The van der Waals surface area contributed by atoms with Gasteiger partial charge in [-0.3, -0.25) is 0 Å². The van der Waals surface area contributed by atoms with Crippen LogP contribution in [0, 0.1) is 23.7 Å². The number of hydrogen-bond donors (Lipinski definition) is 0. The van der Waals surface area contributed by atoms with Gasteiger partial charge < -0.3 is 0 Å². The van der Waals surface area contributed by atoms with Gasteiger partial charge in [0, 0.05) is 23.7 Å². The van der Waals surface area contributed by atoms with Crippen LogP contribution in [0.3, 0.4) is 0 Å². The van der Waals surface area contributed by atoms with E-state index >= 15 is 0 Å². The van der Waals surface area contributed by atoms with Crippen LogP contribution in [-0.4, -0.2) is 0 Å². The van der Waals surface area contributed by atoms with Crippen LogP contribution >= 0.6 is 0 Å². The van der Waals surface area contributed by atoms with Crippen LogP contribution in [-0.2, 0) is 5.41 Å². The zero-order valence-electron chi connectivity index (χ0n) is 29.9. The Labute approximate surface area is 315 Å². The van der Waals surface area contributed by atoms with Crippen molar-refractivity contribution < 1.29 is 0 Å². The molecule has 53 heavy (non-hydrogen) atoms. The lowest BCUT2D eigenvalue weighted by atomic mass is 9.64. The molecule has 4 aliphatic rings. The lowest BCUT2D eigenvalue weighted by Crippen LogP contribution is -2.31. The van der Waals surface area contributed by atoms with Crippen LogP contribution < -0.4 is 0 Å². The van der Waals surface area contributed by atoms with E-state index in [1.54, 1.807) is 0 Å². The van der Waals surface area contributed by atoms with Gasteiger partial charge in [-0.25, -0.2) is 0 Å². The zero-order chi connectivity index (χ0) is 35.7. The Morgan fingerprint density at radius 2 is 0.453 bits per heavy atom. The summed E-state index contributed by atoms with van der Waals surface area (Å²) in [4.78, 5) is 0. The first-order valence-corrected chi connectivity index (χ1v) is 18.8. The normalized spacial score (nSPS) is 17.4. The van der Waals surface area contributed by atoms with Crippen molar-refractivity contribution in [1.82, 2.24) is 0 Å². The molecule has 4 aliphatic carbocycles. The summed E-state index contributed by atoms with van der Waals surface area (Å²) in [5, 5.41) is 0. The number of benzene rings is 4. The smallest absolute Gasteiger partial charge is 0.0701 e. The van der Waals surface area contributed by atoms with Crippen LogP contribution in [0.5, 0.6) is 0 Å². The fourth-order valence-electron chi connectivity index (χ4n) is 7.58. The first-order valence-electron chi connectivity index (χ1n) is 18.8. The lowest BCUT2D eigenvalue weighted by molar-refractivity contribution is 0.744. The maximum Gasteiger partial charge on any atom is 0.0701 e. The second-order valence-electron chi connectivity index (χ2n) is 14.1. The van der Waals surface area contributed by atoms with Crippen molar-refractivity contribution in [1.29, 1.82) is 0 Å². The first-order chi connectivity index (χ1) is 26.2. The second-order valence-corrected chi connectivity index (χ2v) is 14.1. The predicted molar refractivity (Wildman–Crippen MR) is 228 cm³/mol. The summed E-state index contributed by atoms with van der Waals surface area (Å²) in [6, 6.07) is 36.7. The Balaban J connectivity index is 1.23. The molecule has 0 amide bonds. The summed E-state index contributed by atoms with van der Waals surface area (Å²) < 4.78 is 0. The summed E-state index contributed by atoms with van der Waals surface area (Å²) in [5.41, 5.74) is 9.13. The minimum atomic E-state index is -0.559. The van der Waals surface area contributed by atoms with Gasteiger partial charge in [-0.1, -0.05) is 243 Å². The molecule has 0 radical (unpaired) electrons. The third-order valence-electron chi connectivity index (χ3n) is 10.5. The molecule has 0 N–H and O–H groups in total. The highest BCUT2D eigenvalue weighted by Gasteiger charge is 2.38. The quantitative estimate of drug-likeness (QED) is 0.131. The van der Waals surface area contributed by atoms with Gasteiger partial charge in [0.15, 0.2) is 0 Å². The Kier molecular flexibility index (Phi) is 10.2. The Hall–Kier alpha value is -6.24. The number of allylic oxidation sites excluding steroid dienone is 20. The summed E-state index contributed by atoms with van der Waals surface area (Å²) in [5.74, 6) is 1.40. The van der Waals surface area contributed by atoms with Gasteiger partial charge in [-0.05, 0) is 44.5 Å². The van der Waals surface area contributed by atoms with Crippen LogP contribution in [0.15, 0.2) is 219 Å². The standard InChI is InChI=1S/C53H44/c1-2-10-41(9-1)17-21-45-25-33-49(34-26-45)53(50-35-27-46(28-36-50)22-18-42-11-3-4-12-42,51-37-29-47(30-38-51)23-19-43-13-5-6-14-43)52-39-31-48(32-40-52)24-20-44-15-7-8-16-44/h1-44H/b21-17+,22-18+,23-19+,24-20+. The predicted octanol–water partition coefficient (Wildman–Crippen LogP) is 13.1. The minimum absolute atomic E-state index is 0.351. The third kappa shape index (κ3) is 7.83. The number of rotatable bonds is 12. The van der Waals surface area contributed by atoms with Crippen molar-refractivity contribution in [2.45, 2.75) is 5.41 Å². The van der Waals surface area contributed by atoms with Crippen LogP contribution in [0.1, 0.15) is 44.5 Å². The van der Waals surface area contributed by atoms with Crippen molar-refractivity contribution in [2.24, 2.45) is 23.7 Å². The topological polar surface area (TPSA) is 0 Å². The van der Waals surface area contributed by atoms with E-state index in [1.165, 1.54) is 44.5 Å². The van der Waals surface area contributed by atoms with Crippen molar-refractivity contribution >= 4 is 24.3 Å². The van der Waals surface area contributed by atoms with Crippen molar-refractivity contribution in [3.63, 3.8) is 0 Å². The summed E-state index contributed by atoms with van der Waals surface area (Å²) in [7, 11) is 0. The molecule has 0 aliphatic heterocycles. The van der Waals surface area contributed by atoms with E-state index in [0.717, 1.165) is 0 Å². The average molecular weight is 681 g/mol. The van der Waals surface area contributed by atoms with E-state index in [2.05, 4.69) is 243 Å². The van der Waals surface area contributed by atoms with Crippen molar-refractivity contribution in [3.8, 4) is 0 Å². The lowest BCUT2D eigenvalue weighted by Gasteiger charge is -2.37. The van der Waals surface area contributed by atoms with Gasteiger partial charge in [0.2, 0.25) is 0 Å². The van der Waals surface area contributed by atoms with E-state index in [0.29, 0.717) is 23.7 Å². The monoisotopic (exact) mass is 680 g/mol.